The lowest BCUT2D eigenvalue weighted by molar-refractivity contribution is -0.111. The van der Waals surface area contributed by atoms with Gasteiger partial charge in [-0.05, 0) is 42.8 Å². The molecular formula is C18H19NO3. The molecule has 0 radical (unpaired) electrons. The maximum Gasteiger partial charge on any atom is 0.248 e. The molecule has 0 atom stereocenters. The lowest BCUT2D eigenvalue weighted by atomic mass is 10.2. The molecule has 4 heteroatoms. The molecule has 0 aliphatic carbocycles. The van der Waals surface area contributed by atoms with Crippen molar-refractivity contribution < 1.29 is 14.3 Å². The fraction of sp³-hybridized carbons (Fsp3) is 0.167. The third-order valence-corrected chi connectivity index (χ3v) is 2.97. The van der Waals surface area contributed by atoms with Gasteiger partial charge in [-0.2, -0.15) is 0 Å². The number of amides is 1. The molecule has 0 fully saturated rings. The first kappa shape index (κ1) is 15.6. The Kier molecular flexibility index (Phi) is 5.60. The number of hydrogen-bond donors (Lipinski definition) is 1. The molecule has 2 aromatic carbocycles. The topological polar surface area (TPSA) is 47.6 Å². The Morgan fingerprint density at radius 2 is 2.00 bits per heavy atom. The van der Waals surface area contributed by atoms with E-state index in [1.165, 1.54) is 6.08 Å². The Bertz CT molecular complexity index is 665. The number of rotatable bonds is 6. The van der Waals surface area contributed by atoms with Gasteiger partial charge in [-0.1, -0.05) is 24.3 Å². The van der Waals surface area contributed by atoms with E-state index in [4.69, 9.17) is 9.47 Å². The van der Waals surface area contributed by atoms with Crippen molar-refractivity contribution in [3.05, 3.63) is 60.2 Å². The minimum Gasteiger partial charge on any atom is -0.497 e. The number of benzene rings is 2. The second kappa shape index (κ2) is 7.88. The van der Waals surface area contributed by atoms with E-state index in [0.717, 1.165) is 11.3 Å². The number of carbonyl (C=O) groups excluding carboxylic acids is 1. The van der Waals surface area contributed by atoms with Gasteiger partial charge in [0, 0.05) is 6.08 Å². The second-order valence-corrected chi connectivity index (χ2v) is 4.53. The Morgan fingerprint density at radius 3 is 2.77 bits per heavy atom. The highest BCUT2D eigenvalue weighted by Crippen LogP contribution is 2.23. The van der Waals surface area contributed by atoms with E-state index in [2.05, 4.69) is 5.32 Å². The summed E-state index contributed by atoms with van der Waals surface area (Å²) in [6, 6.07) is 14.8. The van der Waals surface area contributed by atoms with E-state index in [1.807, 2.05) is 55.5 Å². The zero-order chi connectivity index (χ0) is 15.8. The Balaban J connectivity index is 2.05. The number of ether oxygens (including phenoxy) is 2. The van der Waals surface area contributed by atoms with Gasteiger partial charge in [-0.25, -0.2) is 0 Å². The van der Waals surface area contributed by atoms with Gasteiger partial charge in [-0.15, -0.1) is 0 Å². The molecule has 0 unspecified atom stereocenters. The quantitative estimate of drug-likeness (QED) is 0.826. The molecule has 4 nitrogen and oxygen atoms in total. The van der Waals surface area contributed by atoms with E-state index in [-0.39, 0.29) is 5.91 Å². The minimum atomic E-state index is -0.213. The standard InChI is InChI=1S/C18H19NO3/c1-3-22-17-10-5-4-9-16(17)19-18(20)12-11-14-7-6-8-15(13-14)21-2/h4-13H,3H2,1-2H3,(H,19,20)/b12-11+. The minimum absolute atomic E-state index is 0.213. The van der Waals surface area contributed by atoms with E-state index in [9.17, 15) is 4.79 Å². The van der Waals surface area contributed by atoms with Gasteiger partial charge in [0.25, 0.3) is 0 Å². The fourth-order valence-corrected chi connectivity index (χ4v) is 1.94. The van der Waals surface area contributed by atoms with Gasteiger partial charge < -0.3 is 14.8 Å². The smallest absolute Gasteiger partial charge is 0.248 e. The summed E-state index contributed by atoms with van der Waals surface area (Å²) in [7, 11) is 1.61. The van der Waals surface area contributed by atoms with E-state index >= 15 is 0 Å². The predicted octanol–water partition coefficient (Wildman–Crippen LogP) is 3.75. The maximum atomic E-state index is 12.0. The predicted molar refractivity (Wildman–Crippen MR) is 88.3 cm³/mol. The number of anilines is 1. The van der Waals surface area contributed by atoms with Crippen molar-refractivity contribution in [2.75, 3.05) is 19.0 Å². The Morgan fingerprint density at radius 1 is 1.18 bits per heavy atom. The summed E-state index contributed by atoms with van der Waals surface area (Å²) in [5, 5.41) is 2.81. The van der Waals surface area contributed by atoms with Crippen LogP contribution in [0.15, 0.2) is 54.6 Å². The molecular weight excluding hydrogens is 278 g/mol. The molecule has 0 bridgehead atoms. The number of methoxy groups -OCH3 is 1. The summed E-state index contributed by atoms with van der Waals surface area (Å²) in [4.78, 5) is 12.0. The summed E-state index contributed by atoms with van der Waals surface area (Å²) in [6.07, 6.45) is 3.22. The third-order valence-electron chi connectivity index (χ3n) is 2.97. The number of carbonyl (C=O) groups is 1. The summed E-state index contributed by atoms with van der Waals surface area (Å²) in [5.74, 6) is 1.20. The number of nitrogens with one attached hydrogen (secondary N) is 1. The molecule has 0 saturated heterocycles. The zero-order valence-corrected chi connectivity index (χ0v) is 12.7. The van der Waals surface area contributed by atoms with Crippen molar-refractivity contribution in [2.45, 2.75) is 6.92 Å². The lowest BCUT2D eigenvalue weighted by Crippen LogP contribution is -2.09. The van der Waals surface area contributed by atoms with Crippen LogP contribution >= 0.6 is 0 Å². The van der Waals surface area contributed by atoms with Crippen molar-refractivity contribution >= 4 is 17.7 Å². The Labute approximate surface area is 130 Å². The maximum absolute atomic E-state index is 12.0. The van der Waals surface area contributed by atoms with Gasteiger partial charge in [0.15, 0.2) is 0 Å². The van der Waals surface area contributed by atoms with Crippen LogP contribution in [0, 0.1) is 0 Å². The molecule has 22 heavy (non-hydrogen) atoms. The van der Waals surface area contributed by atoms with Crippen LogP contribution in [-0.2, 0) is 4.79 Å². The monoisotopic (exact) mass is 297 g/mol. The van der Waals surface area contributed by atoms with Gasteiger partial charge in [0.05, 0.1) is 19.4 Å². The third kappa shape index (κ3) is 4.38. The first-order chi connectivity index (χ1) is 10.7. The van der Waals surface area contributed by atoms with Crippen LogP contribution in [0.5, 0.6) is 11.5 Å². The van der Waals surface area contributed by atoms with Gasteiger partial charge in [0.1, 0.15) is 11.5 Å². The normalized spacial score (nSPS) is 10.5. The van der Waals surface area contributed by atoms with Crippen LogP contribution < -0.4 is 14.8 Å². The highest BCUT2D eigenvalue weighted by Gasteiger charge is 2.04. The average Bonchev–Trinajstić information content (AvgIpc) is 2.55. The van der Waals surface area contributed by atoms with Crippen LogP contribution in [0.3, 0.4) is 0 Å². The highest BCUT2D eigenvalue weighted by molar-refractivity contribution is 6.02. The first-order valence-electron chi connectivity index (χ1n) is 7.08. The van der Waals surface area contributed by atoms with E-state index < -0.39 is 0 Å². The second-order valence-electron chi connectivity index (χ2n) is 4.53. The molecule has 0 aliphatic rings. The molecule has 0 spiro atoms. The van der Waals surface area contributed by atoms with Crippen molar-refractivity contribution in [1.29, 1.82) is 0 Å². The van der Waals surface area contributed by atoms with Crippen LogP contribution in [0.4, 0.5) is 5.69 Å². The van der Waals surface area contributed by atoms with Crippen molar-refractivity contribution in [3.8, 4) is 11.5 Å². The van der Waals surface area contributed by atoms with E-state index in [0.29, 0.717) is 18.0 Å². The van der Waals surface area contributed by atoms with Crippen LogP contribution in [0.25, 0.3) is 6.08 Å². The van der Waals surface area contributed by atoms with Gasteiger partial charge in [0.2, 0.25) is 5.91 Å². The molecule has 0 heterocycles. The van der Waals surface area contributed by atoms with Gasteiger partial charge in [-0.3, -0.25) is 4.79 Å². The zero-order valence-electron chi connectivity index (χ0n) is 12.7. The summed E-state index contributed by atoms with van der Waals surface area (Å²) < 4.78 is 10.6. The van der Waals surface area contributed by atoms with Crippen LogP contribution in [-0.4, -0.2) is 19.6 Å². The van der Waals surface area contributed by atoms with Crippen molar-refractivity contribution in [2.24, 2.45) is 0 Å². The molecule has 1 amide bonds. The lowest BCUT2D eigenvalue weighted by Gasteiger charge is -2.09. The summed E-state index contributed by atoms with van der Waals surface area (Å²) >= 11 is 0. The summed E-state index contributed by atoms with van der Waals surface area (Å²) in [6.45, 7) is 2.45. The first-order valence-corrected chi connectivity index (χ1v) is 7.08. The van der Waals surface area contributed by atoms with E-state index in [1.54, 1.807) is 13.2 Å². The van der Waals surface area contributed by atoms with Crippen molar-refractivity contribution in [1.82, 2.24) is 0 Å². The van der Waals surface area contributed by atoms with Gasteiger partial charge >= 0.3 is 0 Å². The van der Waals surface area contributed by atoms with Crippen LogP contribution in [0.1, 0.15) is 12.5 Å². The number of para-hydroxylation sites is 2. The molecule has 2 rings (SSSR count). The molecule has 114 valence electrons. The molecule has 1 N–H and O–H groups in total. The number of hydrogen-bond acceptors (Lipinski definition) is 3. The average molecular weight is 297 g/mol. The molecule has 0 aromatic heterocycles. The fourth-order valence-electron chi connectivity index (χ4n) is 1.94. The highest BCUT2D eigenvalue weighted by atomic mass is 16.5. The summed E-state index contributed by atoms with van der Waals surface area (Å²) in [5.41, 5.74) is 1.55. The molecule has 0 saturated carbocycles. The largest absolute Gasteiger partial charge is 0.497 e. The van der Waals surface area contributed by atoms with Crippen molar-refractivity contribution in [3.63, 3.8) is 0 Å². The molecule has 0 aliphatic heterocycles. The Hall–Kier alpha value is -2.75. The molecule has 2 aromatic rings. The van der Waals surface area contributed by atoms with Crippen LogP contribution in [0.2, 0.25) is 0 Å². The SMILES string of the molecule is CCOc1ccccc1NC(=O)/C=C/c1cccc(OC)c1.